The topological polar surface area (TPSA) is 74.5 Å². The second kappa shape index (κ2) is 8.34. The van der Waals surface area contributed by atoms with Crippen molar-refractivity contribution in [3.8, 4) is 23.8 Å². The molecule has 1 aromatic heterocycles. The molecule has 0 radical (unpaired) electrons. The van der Waals surface area contributed by atoms with Gasteiger partial charge in [-0.1, -0.05) is 18.1 Å². The third-order valence-corrected chi connectivity index (χ3v) is 4.60. The fourth-order valence-corrected chi connectivity index (χ4v) is 3.27. The zero-order valence-corrected chi connectivity index (χ0v) is 15.4. The van der Waals surface area contributed by atoms with E-state index in [1.807, 2.05) is 37.3 Å². The first-order valence-electron chi connectivity index (χ1n) is 8.17. The highest BCUT2D eigenvalue weighted by molar-refractivity contribution is 7.19. The lowest BCUT2D eigenvalue weighted by molar-refractivity contribution is -0.384. The predicted octanol–water partition coefficient (Wildman–Crippen LogP) is 4.79. The molecular formula is C20H16N2O4S. The van der Waals surface area contributed by atoms with Crippen LogP contribution >= 0.6 is 11.3 Å². The highest BCUT2D eigenvalue weighted by atomic mass is 32.1. The van der Waals surface area contributed by atoms with Crippen LogP contribution in [0.4, 0.5) is 5.69 Å². The number of rotatable bonds is 7. The molecule has 0 N–H and O–H groups in total. The Morgan fingerprint density at radius 3 is 2.81 bits per heavy atom. The van der Waals surface area contributed by atoms with E-state index < -0.39 is 4.92 Å². The van der Waals surface area contributed by atoms with Gasteiger partial charge in [0.1, 0.15) is 11.6 Å². The van der Waals surface area contributed by atoms with Gasteiger partial charge in [0.2, 0.25) is 0 Å². The number of non-ortho nitro benzene ring substituents is 1. The van der Waals surface area contributed by atoms with Gasteiger partial charge in [-0.2, -0.15) is 0 Å². The molecule has 2 aromatic carbocycles. The largest absolute Gasteiger partial charge is 0.490 e. The average molecular weight is 380 g/mol. The molecular weight excluding hydrogens is 364 g/mol. The van der Waals surface area contributed by atoms with Gasteiger partial charge in [0.05, 0.1) is 21.7 Å². The summed E-state index contributed by atoms with van der Waals surface area (Å²) in [7, 11) is 0. The van der Waals surface area contributed by atoms with Gasteiger partial charge in [0.25, 0.3) is 5.69 Å². The number of terminal acetylenes is 1. The number of thiazole rings is 1. The first-order chi connectivity index (χ1) is 13.1. The van der Waals surface area contributed by atoms with Crippen molar-refractivity contribution in [3.63, 3.8) is 0 Å². The predicted molar refractivity (Wildman–Crippen MR) is 107 cm³/mol. The van der Waals surface area contributed by atoms with Crippen LogP contribution in [0.1, 0.15) is 17.5 Å². The molecule has 27 heavy (non-hydrogen) atoms. The van der Waals surface area contributed by atoms with E-state index in [1.54, 1.807) is 6.07 Å². The Morgan fingerprint density at radius 2 is 2.07 bits per heavy atom. The van der Waals surface area contributed by atoms with E-state index in [9.17, 15) is 10.1 Å². The lowest BCUT2D eigenvalue weighted by atomic mass is 10.2. The smallest absolute Gasteiger partial charge is 0.271 e. The maximum atomic E-state index is 10.9. The first kappa shape index (κ1) is 18.4. The van der Waals surface area contributed by atoms with E-state index in [2.05, 4.69) is 10.9 Å². The molecule has 0 saturated heterocycles. The van der Waals surface area contributed by atoms with E-state index in [-0.39, 0.29) is 12.3 Å². The van der Waals surface area contributed by atoms with Gasteiger partial charge in [-0.15, -0.1) is 17.8 Å². The third-order valence-electron chi connectivity index (χ3n) is 3.60. The average Bonchev–Trinajstić information content (AvgIpc) is 3.08. The highest BCUT2D eigenvalue weighted by Gasteiger charge is 2.09. The van der Waals surface area contributed by atoms with Crippen LogP contribution in [0.15, 0.2) is 36.4 Å². The molecule has 1 heterocycles. The molecule has 0 aliphatic carbocycles. The van der Waals surface area contributed by atoms with Crippen LogP contribution in [0.25, 0.3) is 22.4 Å². The van der Waals surface area contributed by atoms with Gasteiger partial charge < -0.3 is 9.47 Å². The number of nitrogens with zero attached hydrogens (tertiary/aromatic N) is 2. The van der Waals surface area contributed by atoms with Gasteiger partial charge in [-0.05, 0) is 36.8 Å². The number of fused-ring (bicyclic) bond motifs is 1. The Kier molecular flexibility index (Phi) is 5.69. The van der Waals surface area contributed by atoms with Crippen LogP contribution < -0.4 is 9.47 Å². The molecule has 0 unspecified atom stereocenters. The Morgan fingerprint density at radius 1 is 1.22 bits per heavy atom. The summed E-state index contributed by atoms with van der Waals surface area (Å²) in [6.45, 7) is 2.58. The van der Waals surface area contributed by atoms with Gasteiger partial charge in [-0.25, -0.2) is 4.98 Å². The lowest BCUT2D eigenvalue weighted by Gasteiger charge is -2.10. The molecule has 0 atom stereocenters. The molecule has 0 bridgehead atoms. The quantitative estimate of drug-likeness (QED) is 0.335. The molecule has 3 rings (SSSR count). The van der Waals surface area contributed by atoms with Crippen LogP contribution in [0, 0.1) is 22.5 Å². The van der Waals surface area contributed by atoms with Crippen molar-refractivity contribution in [1.82, 2.24) is 4.98 Å². The number of aromatic nitrogens is 1. The second-order valence-electron chi connectivity index (χ2n) is 5.43. The van der Waals surface area contributed by atoms with Gasteiger partial charge in [0, 0.05) is 12.1 Å². The van der Waals surface area contributed by atoms with E-state index in [1.165, 1.54) is 23.5 Å². The van der Waals surface area contributed by atoms with Gasteiger partial charge in [-0.3, -0.25) is 10.1 Å². The van der Waals surface area contributed by atoms with Gasteiger partial charge >= 0.3 is 0 Å². The van der Waals surface area contributed by atoms with E-state index in [0.29, 0.717) is 23.6 Å². The van der Waals surface area contributed by atoms with Crippen molar-refractivity contribution < 1.29 is 14.4 Å². The summed E-state index contributed by atoms with van der Waals surface area (Å²) >= 11 is 1.47. The normalized spacial score (nSPS) is 10.8. The molecule has 0 amide bonds. The van der Waals surface area contributed by atoms with E-state index in [0.717, 1.165) is 15.3 Å². The fourth-order valence-electron chi connectivity index (χ4n) is 2.42. The molecule has 6 nitrogen and oxygen atoms in total. The highest BCUT2D eigenvalue weighted by Crippen LogP contribution is 2.30. The number of hydrogen-bond acceptors (Lipinski definition) is 6. The molecule has 0 fully saturated rings. The van der Waals surface area contributed by atoms with E-state index >= 15 is 0 Å². The zero-order valence-electron chi connectivity index (χ0n) is 14.5. The summed E-state index contributed by atoms with van der Waals surface area (Å²) in [5, 5.41) is 11.6. The maximum absolute atomic E-state index is 10.9. The number of benzene rings is 2. The van der Waals surface area contributed by atoms with Crippen molar-refractivity contribution >= 4 is 39.4 Å². The molecule has 0 aliphatic heterocycles. The van der Waals surface area contributed by atoms with Crippen LogP contribution in [-0.2, 0) is 0 Å². The SMILES string of the molecule is C#CCOc1ccc(/C=C/c2nc3cc([N+](=O)[O-])ccc3s2)cc1OCC. The third kappa shape index (κ3) is 4.43. The van der Waals surface area contributed by atoms with Crippen molar-refractivity contribution in [2.24, 2.45) is 0 Å². The maximum Gasteiger partial charge on any atom is 0.271 e. The van der Waals surface area contributed by atoms with Crippen molar-refractivity contribution in [2.45, 2.75) is 6.92 Å². The summed E-state index contributed by atoms with van der Waals surface area (Å²) in [6, 6.07) is 10.2. The first-order valence-corrected chi connectivity index (χ1v) is 8.98. The standard InChI is InChI=1S/C20H16N2O4S/c1-3-11-26-17-8-5-14(12-18(17)25-4-2)6-10-20-21-16-13-15(22(23)24)7-9-19(16)27-20/h1,5-10,12-13H,4,11H2,2H3/b10-6+. The number of nitro benzene ring substituents is 1. The Bertz CT molecular complexity index is 1050. The zero-order chi connectivity index (χ0) is 19.2. The Labute approximate surface area is 160 Å². The summed E-state index contributed by atoms with van der Waals surface area (Å²) in [5.74, 6) is 3.65. The van der Waals surface area contributed by atoms with Crippen molar-refractivity contribution in [3.05, 3.63) is 57.1 Å². The van der Waals surface area contributed by atoms with Crippen molar-refractivity contribution in [2.75, 3.05) is 13.2 Å². The minimum Gasteiger partial charge on any atom is -0.490 e. The Balaban J connectivity index is 1.84. The Hall–Kier alpha value is -3.37. The summed E-state index contributed by atoms with van der Waals surface area (Å²) in [4.78, 5) is 14.9. The number of ether oxygens (including phenoxy) is 2. The molecule has 0 saturated carbocycles. The van der Waals surface area contributed by atoms with Crippen LogP contribution in [0.2, 0.25) is 0 Å². The minimum absolute atomic E-state index is 0.0345. The fraction of sp³-hybridized carbons (Fsp3) is 0.150. The second-order valence-corrected chi connectivity index (χ2v) is 6.49. The van der Waals surface area contributed by atoms with E-state index in [4.69, 9.17) is 15.9 Å². The molecule has 0 aliphatic rings. The number of hydrogen-bond donors (Lipinski definition) is 0. The lowest BCUT2D eigenvalue weighted by Crippen LogP contribution is -1.99. The molecule has 136 valence electrons. The number of nitro groups is 1. The molecule has 7 heteroatoms. The molecule has 3 aromatic rings. The summed E-state index contributed by atoms with van der Waals surface area (Å²) < 4.78 is 12.0. The van der Waals surface area contributed by atoms with Crippen molar-refractivity contribution in [1.29, 1.82) is 0 Å². The van der Waals surface area contributed by atoms with Crippen LogP contribution in [-0.4, -0.2) is 23.1 Å². The summed E-state index contributed by atoms with van der Waals surface area (Å²) in [5.41, 5.74) is 1.56. The molecule has 0 spiro atoms. The summed E-state index contributed by atoms with van der Waals surface area (Å²) in [6.07, 6.45) is 9.00. The van der Waals surface area contributed by atoms with Crippen LogP contribution in [0.5, 0.6) is 11.5 Å². The van der Waals surface area contributed by atoms with Gasteiger partial charge in [0.15, 0.2) is 11.5 Å². The minimum atomic E-state index is -0.423. The van der Waals surface area contributed by atoms with Crippen LogP contribution in [0.3, 0.4) is 0 Å². The monoisotopic (exact) mass is 380 g/mol.